The molecule has 0 radical (unpaired) electrons. The van der Waals surface area contributed by atoms with E-state index in [1.165, 1.54) is 0 Å². The Labute approximate surface area is 121 Å². The van der Waals surface area contributed by atoms with E-state index in [0.29, 0.717) is 12.8 Å². The molecule has 3 nitrogen and oxygen atoms in total. The highest BCUT2D eigenvalue weighted by atomic mass is 16.4. The van der Waals surface area contributed by atoms with E-state index in [0.717, 1.165) is 17.5 Å². The maximum absolute atomic E-state index is 11.7. The molecule has 1 unspecified atom stereocenters. The molecule has 1 rings (SSSR count). The first-order chi connectivity index (χ1) is 9.21. The van der Waals surface area contributed by atoms with Gasteiger partial charge >= 0.3 is 5.97 Å². The van der Waals surface area contributed by atoms with E-state index in [1.807, 2.05) is 45.0 Å². The lowest BCUT2D eigenvalue weighted by Crippen LogP contribution is -2.32. The first kappa shape index (κ1) is 16.2. The van der Waals surface area contributed by atoms with Crippen LogP contribution in [0.2, 0.25) is 0 Å². The molecule has 0 aliphatic heterocycles. The zero-order valence-electron chi connectivity index (χ0n) is 12.7. The molecule has 0 spiro atoms. The van der Waals surface area contributed by atoms with Gasteiger partial charge in [0.15, 0.2) is 0 Å². The van der Waals surface area contributed by atoms with Crippen LogP contribution in [-0.4, -0.2) is 11.1 Å². The fourth-order valence-corrected chi connectivity index (χ4v) is 2.30. The van der Waals surface area contributed by atoms with Crippen LogP contribution in [-0.2, 0) is 10.2 Å². The lowest BCUT2D eigenvalue weighted by molar-refractivity contribution is -0.143. The van der Waals surface area contributed by atoms with E-state index in [-0.39, 0.29) is 0 Å². The molecule has 0 bridgehead atoms. The molecule has 1 atom stereocenters. The van der Waals surface area contributed by atoms with Crippen molar-refractivity contribution in [2.45, 2.75) is 52.4 Å². The highest BCUT2D eigenvalue weighted by Crippen LogP contribution is 2.33. The maximum Gasteiger partial charge on any atom is 0.313 e. The van der Waals surface area contributed by atoms with E-state index in [9.17, 15) is 9.90 Å². The van der Waals surface area contributed by atoms with Crippen molar-refractivity contribution in [3.8, 4) is 6.07 Å². The number of carboxylic acids is 1. The summed E-state index contributed by atoms with van der Waals surface area (Å²) in [7, 11) is 0. The third kappa shape index (κ3) is 3.84. The number of carboxylic acid groups (broad SMARTS) is 1. The number of aryl methyl sites for hydroxylation is 1. The van der Waals surface area contributed by atoms with Gasteiger partial charge < -0.3 is 5.11 Å². The van der Waals surface area contributed by atoms with Gasteiger partial charge in [0, 0.05) is 0 Å². The summed E-state index contributed by atoms with van der Waals surface area (Å²) in [5, 5.41) is 18.6. The largest absolute Gasteiger partial charge is 0.481 e. The van der Waals surface area contributed by atoms with Crippen molar-refractivity contribution < 1.29 is 9.90 Å². The Morgan fingerprint density at radius 2 is 1.95 bits per heavy atom. The number of hydrogen-bond acceptors (Lipinski definition) is 2. The van der Waals surface area contributed by atoms with Crippen molar-refractivity contribution in [3.05, 3.63) is 35.4 Å². The van der Waals surface area contributed by atoms with Crippen molar-refractivity contribution >= 4 is 5.97 Å². The fraction of sp³-hybridized carbons (Fsp3) is 0.529. The Morgan fingerprint density at radius 1 is 1.30 bits per heavy atom. The molecule has 108 valence electrons. The molecule has 0 aromatic heterocycles. The summed E-state index contributed by atoms with van der Waals surface area (Å²) < 4.78 is 0. The summed E-state index contributed by atoms with van der Waals surface area (Å²) in [5.74, 6) is -0.808. The van der Waals surface area contributed by atoms with E-state index in [2.05, 4.69) is 6.07 Å². The van der Waals surface area contributed by atoms with Crippen molar-refractivity contribution in [1.82, 2.24) is 0 Å². The topological polar surface area (TPSA) is 61.1 Å². The van der Waals surface area contributed by atoms with Gasteiger partial charge in [0.05, 0.1) is 16.9 Å². The number of carbonyl (C=O) groups is 1. The normalized spacial score (nSPS) is 14.3. The summed E-state index contributed by atoms with van der Waals surface area (Å²) in [6.07, 6.45) is 1.96. The Bertz CT molecular complexity index is 528. The van der Waals surface area contributed by atoms with Crippen molar-refractivity contribution in [2.75, 3.05) is 0 Å². The molecule has 1 N–H and O–H groups in total. The van der Waals surface area contributed by atoms with Gasteiger partial charge in [-0.15, -0.1) is 0 Å². The third-order valence-electron chi connectivity index (χ3n) is 3.91. The van der Waals surface area contributed by atoms with Gasteiger partial charge in [-0.2, -0.15) is 5.26 Å². The number of hydrogen-bond donors (Lipinski definition) is 1. The average Bonchev–Trinajstić information content (AvgIpc) is 2.38. The summed E-state index contributed by atoms with van der Waals surface area (Å²) in [6.45, 7) is 7.50. The second-order valence-corrected chi connectivity index (χ2v) is 6.36. The van der Waals surface area contributed by atoms with Crippen LogP contribution in [0.4, 0.5) is 0 Å². The lowest BCUT2D eigenvalue weighted by atomic mass is 9.76. The van der Waals surface area contributed by atoms with Crippen LogP contribution in [0.1, 0.15) is 51.2 Å². The predicted octanol–water partition coefficient (Wildman–Crippen LogP) is 4.06. The van der Waals surface area contributed by atoms with Gasteiger partial charge in [-0.3, -0.25) is 4.79 Å². The molecule has 0 saturated heterocycles. The standard InChI is InChI=1S/C17H23NO2/c1-13-7-5-8-14(11-13)17(4,15(19)20)10-6-9-16(2,3)12-18/h5,7-8,11H,6,9-10H2,1-4H3,(H,19,20). The minimum Gasteiger partial charge on any atom is -0.481 e. The fourth-order valence-electron chi connectivity index (χ4n) is 2.30. The molecule has 0 aliphatic rings. The number of rotatable bonds is 6. The zero-order valence-corrected chi connectivity index (χ0v) is 12.7. The summed E-state index contributed by atoms with van der Waals surface area (Å²) in [6, 6.07) is 9.92. The van der Waals surface area contributed by atoms with Crippen LogP contribution in [0.15, 0.2) is 24.3 Å². The minimum atomic E-state index is -0.891. The van der Waals surface area contributed by atoms with Crippen LogP contribution in [0.5, 0.6) is 0 Å². The molecule has 0 fully saturated rings. The second kappa shape index (κ2) is 6.09. The summed E-state index contributed by atoms with van der Waals surface area (Å²) in [5.41, 5.74) is 0.607. The highest BCUT2D eigenvalue weighted by molar-refractivity contribution is 5.80. The van der Waals surface area contributed by atoms with Crippen LogP contribution < -0.4 is 0 Å². The molecular formula is C17H23NO2. The summed E-state index contributed by atoms with van der Waals surface area (Å²) >= 11 is 0. The number of benzene rings is 1. The van der Waals surface area contributed by atoms with E-state index in [4.69, 9.17) is 5.26 Å². The average molecular weight is 273 g/mol. The van der Waals surface area contributed by atoms with Gasteiger partial charge in [0.1, 0.15) is 0 Å². The molecule has 1 aromatic rings. The monoisotopic (exact) mass is 273 g/mol. The van der Waals surface area contributed by atoms with Gasteiger partial charge in [-0.05, 0) is 46.1 Å². The molecule has 3 heteroatoms. The Morgan fingerprint density at radius 3 is 2.45 bits per heavy atom. The van der Waals surface area contributed by atoms with Gasteiger partial charge in [-0.1, -0.05) is 36.2 Å². The van der Waals surface area contributed by atoms with Crippen molar-refractivity contribution in [1.29, 1.82) is 5.26 Å². The Hall–Kier alpha value is -1.82. The smallest absolute Gasteiger partial charge is 0.313 e. The third-order valence-corrected chi connectivity index (χ3v) is 3.91. The molecule has 20 heavy (non-hydrogen) atoms. The predicted molar refractivity (Wildman–Crippen MR) is 79.4 cm³/mol. The molecular weight excluding hydrogens is 250 g/mol. The molecule has 0 amide bonds. The Kier molecular flexibility index (Phi) is 4.94. The first-order valence-electron chi connectivity index (χ1n) is 6.93. The minimum absolute atomic E-state index is 0.397. The Balaban J connectivity index is 2.89. The van der Waals surface area contributed by atoms with E-state index >= 15 is 0 Å². The SMILES string of the molecule is Cc1cccc(C(C)(CCCC(C)(C)C#N)C(=O)O)c1. The quantitative estimate of drug-likeness (QED) is 0.850. The van der Waals surface area contributed by atoms with Crippen LogP contribution in [0, 0.1) is 23.7 Å². The van der Waals surface area contributed by atoms with Gasteiger partial charge in [0.25, 0.3) is 0 Å². The first-order valence-corrected chi connectivity index (χ1v) is 6.93. The van der Waals surface area contributed by atoms with Crippen LogP contribution >= 0.6 is 0 Å². The maximum atomic E-state index is 11.7. The van der Waals surface area contributed by atoms with Crippen LogP contribution in [0.3, 0.4) is 0 Å². The molecule has 1 aromatic carbocycles. The zero-order chi connectivity index (χ0) is 15.4. The number of nitrogens with zero attached hydrogens (tertiary/aromatic N) is 1. The van der Waals surface area contributed by atoms with Gasteiger partial charge in [-0.25, -0.2) is 0 Å². The van der Waals surface area contributed by atoms with E-state index in [1.54, 1.807) is 6.92 Å². The molecule has 0 saturated carbocycles. The van der Waals surface area contributed by atoms with Crippen molar-refractivity contribution in [2.24, 2.45) is 5.41 Å². The van der Waals surface area contributed by atoms with Gasteiger partial charge in [0.2, 0.25) is 0 Å². The van der Waals surface area contributed by atoms with Crippen molar-refractivity contribution in [3.63, 3.8) is 0 Å². The molecule has 0 heterocycles. The van der Waals surface area contributed by atoms with E-state index < -0.39 is 16.8 Å². The number of nitriles is 1. The van der Waals surface area contributed by atoms with Crippen LogP contribution in [0.25, 0.3) is 0 Å². The highest BCUT2D eigenvalue weighted by Gasteiger charge is 2.35. The lowest BCUT2D eigenvalue weighted by Gasteiger charge is -2.27. The summed E-state index contributed by atoms with van der Waals surface area (Å²) in [4.78, 5) is 11.7. The molecule has 0 aliphatic carbocycles. The number of aliphatic carboxylic acids is 1. The second-order valence-electron chi connectivity index (χ2n) is 6.36.